The molecule has 0 radical (unpaired) electrons. The number of ether oxygens (including phenoxy) is 2. The second-order valence-corrected chi connectivity index (χ2v) is 4.70. The Bertz CT molecular complexity index is 361. The van der Waals surface area contributed by atoms with Crippen LogP contribution in [0.3, 0.4) is 0 Å². The van der Waals surface area contributed by atoms with Gasteiger partial charge in [-0.05, 0) is 20.2 Å². The highest BCUT2D eigenvalue weighted by atomic mass is 16.5. The molecule has 1 rings (SSSR count). The highest BCUT2D eigenvalue weighted by molar-refractivity contribution is 5.44. The van der Waals surface area contributed by atoms with Crippen LogP contribution < -0.4 is 15.4 Å². The number of pyridine rings is 1. The Hall–Kier alpha value is -1.37. The molecule has 1 aromatic heterocycles. The molecule has 0 spiro atoms. The second-order valence-electron chi connectivity index (χ2n) is 4.70. The molecular weight excluding hydrogens is 256 g/mol. The van der Waals surface area contributed by atoms with Crippen molar-refractivity contribution in [2.75, 3.05) is 65.9 Å². The molecule has 0 atom stereocenters. The number of nitrogens with zero attached hydrogens (tertiary/aromatic N) is 2. The molecule has 0 saturated heterocycles. The molecule has 0 aliphatic heterocycles. The van der Waals surface area contributed by atoms with Gasteiger partial charge in [0.2, 0.25) is 5.88 Å². The van der Waals surface area contributed by atoms with Crippen molar-refractivity contribution < 1.29 is 9.47 Å². The predicted octanol–water partition coefficient (Wildman–Crippen LogP) is 0.670. The van der Waals surface area contributed by atoms with Gasteiger partial charge in [-0.2, -0.15) is 0 Å². The van der Waals surface area contributed by atoms with Crippen LogP contribution in [-0.4, -0.2) is 70.5 Å². The summed E-state index contributed by atoms with van der Waals surface area (Å²) in [5.41, 5.74) is 1.02. The van der Waals surface area contributed by atoms with E-state index in [1.165, 1.54) is 0 Å². The smallest absolute Gasteiger partial charge is 0.215 e. The molecule has 0 amide bonds. The average Bonchev–Trinajstić information content (AvgIpc) is 2.43. The normalized spacial score (nSPS) is 10.8. The molecule has 0 aliphatic rings. The standard InChI is InChI=1S/C14H26N4O2/c1-18(2)9-11-20-14-12-13(4-5-17-14)16-7-6-15-8-10-19-3/h4-5,12,15H,6-11H2,1-3H3,(H,16,17). The van der Waals surface area contributed by atoms with Crippen molar-refractivity contribution in [3.05, 3.63) is 18.3 Å². The van der Waals surface area contributed by atoms with Gasteiger partial charge in [-0.3, -0.25) is 0 Å². The number of methoxy groups -OCH3 is 1. The number of anilines is 1. The fourth-order valence-electron chi connectivity index (χ4n) is 1.53. The van der Waals surface area contributed by atoms with Crippen LogP contribution in [0.1, 0.15) is 0 Å². The zero-order valence-corrected chi connectivity index (χ0v) is 12.7. The van der Waals surface area contributed by atoms with Gasteiger partial charge in [0.1, 0.15) is 6.61 Å². The van der Waals surface area contributed by atoms with Gasteiger partial charge in [-0.1, -0.05) is 0 Å². The molecule has 0 aliphatic carbocycles. The van der Waals surface area contributed by atoms with Crippen molar-refractivity contribution >= 4 is 5.69 Å². The van der Waals surface area contributed by atoms with Gasteiger partial charge in [-0.25, -0.2) is 4.98 Å². The summed E-state index contributed by atoms with van der Waals surface area (Å²) in [5.74, 6) is 0.657. The predicted molar refractivity (Wildman–Crippen MR) is 81.5 cm³/mol. The topological polar surface area (TPSA) is 58.6 Å². The number of hydrogen-bond acceptors (Lipinski definition) is 6. The van der Waals surface area contributed by atoms with Crippen molar-refractivity contribution in [1.82, 2.24) is 15.2 Å². The Labute approximate surface area is 121 Å². The first-order valence-corrected chi connectivity index (χ1v) is 6.89. The second kappa shape index (κ2) is 10.4. The number of aromatic nitrogens is 1. The maximum Gasteiger partial charge on any atom is 0.215 e. The SMILES string of the molecule is COCCNCCNc1ccnc(OCCN(C)C)c1. The molecule has 6 heteroatoms. The lowest BCUT2D eigenvalue weighted by molar-refractivity contribution is 0.200. The fourth-order valence-corrected chi connectivity index (χ4v) is 1.53. The number of likely N-dealkylation sites (N-methyl/N-ethyl adjacent to an activating group) is 1. The molecule has 2 N–H and O–H groups in total. The lowest BCUT2D eigenvalue weighted by atomic mass is 10.4. The monoisotopic (exact) mass is 282 g/mol. The van der Waals surface area contributed by atoms with Crippen molar-refractivity contribution in [2.45, 2.75) is 0 Å². The lowest BCUT2D eigenvalue weighted by Gasteiger charge is -2.11. The van der Waals surface area contributed by atoms with Crippen LogP contribution in [0, 0.1) is 0 Å². The van der Waals surface area contributed by atoms with Crippen LogP contribution in [0.4, 0.5) is 5.69 Å². The molecule has 0 bridgehead atoms. The zero-order chi connectivity index (χ0) is 14.6. The highest BCUT2D eigenvalue weighted by Gasteiger charge is 1.98. The van der Waals surface area contributed by atoms with E-state index >= 15 is 0 Å². The van der Waals surface area contributed by atoms with Gasteiger partial charge in [0.25, 0.3) is 0 Å². The number of rotatable bonds is 11. The molecule has 20 heavy (non-hydrogen) atoms. The minimum atomic E-state index is 0.641. The summed E-state index contributed by atoms with van der Waals surface area (Å²) in [6.07, 6.45) is 1.76. The van der Waals surface area contributed by atoms with Crippen molar-refractivity contribution in [1.29, 1.82) is 0 Å². The van der Waals surface area contributed by atoms with Crippen molar-refractivity contribution in [3.63, 3.8) is 0 Å². The van der Waals surface area contributed by atoms with Gasteiger partial charge in [0, 0.05) is 51.2 Å². The quantitative estimate of drug-likeness (QED) is 0.582. The zero-order valence-electron chi connectivity index (χ0n) is 12.7. The van der Waals surface area contributed by atoms with E-state index in [9.17, 15) is 0 Å². The molecule has 0 unspecified atom stereocenters. The Kier molecular flexibility index (Phi) is 8.69. The van der Waals surface area contributed by atoms with Crippen LogP contribution in [-0.2, 0) is 4.74 Å². The van der Waals surface area contributed by atoms with E-state index < -0.39 is 0 Å². The van der Waals surface area contributed by atoms with Crippen molar-refractivity contribution in [2.24, 2.45) is 0 Å². The Morgan fingerprint density at radius 3 is 2.80 bits per heavy atom. The van der Waals surface area contributed by atoms with Gasteiger partial charge in [0.15, 0.2) is 0 Å². The van der Waals surface area contributed by atoms with E-state index in [-0.39, 0.29) is 0 Å². The maximum atomic E-state index is 5.59. The van der Waals surface area contributed by atoms with E-state index in [4.69, 9.17) is 9.47 Å². The van der Waals surface area contributed by atoms with Crippen LogP contribution >= 0.6 is 0 Å². The molecule has 6 nitrogen and oxygen atoms in total. The Morgan fingerprint density at radius 2 is 2.05 bits per heavy atom. The average molecular weight is 282 g/mol. The first kappa shape index (κ1) is 16.7. The first-order chi connectivity index (χ1) is 9.72. The third kappa shape index (κ3) is 7.93. The molecule has 0 aromatic carbocycles. The summed E-state index contributed by atoms with van der Waals surface area (Å²) >= 11 is 0. The summed E-state index contributed by atoms with van der Waals surface area (Å²) in [6, 6.07) is 3.86. The molecule has 0 fully saturated rings. The van der Waals surface area contributed by atoms with Crippen LogP contribution in [0.5, 0.6) is 5.88 Å². The third-order valence-corrected chi connectivity index (χ3v) is 2.64. The lowest BCUT2D eigenvalue weighted by Crippen LogP contribution is -2.25. The molecule has 0 saturated carbocycles. The fraction of sp³-hybridized carbons (Fsp3) is 0.643. The Morgan fingerprint density at radius 1 is 1.20 bits per heavy atom. The third-order valence-electron chi connectivity index (χ3n) is 2.64. The molecular formula is C14H26N4O2. The summed E-state index contributed by atoms with van der Waals surface area (Å²) in [4.78, 5) is 6.27. The van der Waals surface area contributed by atoms with Crippen LogP contribution in [0.2, 0.25) is 0 Å². The van der Waals surface area contributed by atoms with Gasteiger partial charge >= 0.3 is 0 Å². The van der Waals surface area contributed by atoms with Crippen LogP contribution in [0.15, 0.2) is 18.3 Å². The maximum absolute atomic E-state index is 5.59. The van der Waals surface area contributed by atoms with E-state index in [1.54, 1.807) is 13.3 Å². The largest absolute Gasteiger partial charge is 0.476 e. The summed E-state index contributed by atoms with van der Waals surface area (Å²) in [7, 11) is 5.74. The molecule has 1 heterocycles. The minimum absolute atomic E-state index is 0.641. The molecule has 1 aromatic rings. The van der Waals surface area contributed by atoms with Gasteiger partial charge < -0.3 is 25.0 Å². The van der Waals surface area contributed by atoms with E-state index in [0.717, 1.165) is 38.5 Å². The highest BCUT2D eigenvalue weighted by Crippen LogP contribution is 2.13. The first-order valence-electron chi connectivity index (χ1n) is 6.89. The summed E-state index contributed by atoms with van der Waals surface area (Å²) in [5, 5.41) is 6.61. The van der Waals surface area contributed by atoms with E-state index in [0.29, 0.717) is 12.5 Å². The van der Waals surface area contributed by atoms with Crippen LogP contribution in [0.25, 0.3) is 0 Å². The van der Waals surface area contributed by atoms with E-state index in [2.05, 4.69) is 20.5 Å². The van der Waals surface area contributed by atoms with E-state index in [1.807, 2.05) is 26.2 Å². The van der Waals surface area contributed by atoms with Crippen molar-refractivity contribution in [3.8, 4) is 5.88 Å². The summed E-state index contributed by atoms with van der Waals surface area (Å²) in [6.45, 7) is 4.87. The Balaban J connectivity index is 2.22. The summed E-state index contributed by atoms with van der Waals surface area (Å²) < 4.78 is 10.6. The van der Waals surface area contributed by atoms with Gasteiger partial charge in [0.05, 0.1) is 6.61 Å². The minimum Gasteiger partial charge on any atom is -0.476 e. The number of nitrogens with one attached hydrogen (secondary N) is 2. The van der Waals surface area contributed by atoms with Gasteiger partial charge in [-0.15, -0.1) is 0 Å². The molecule has 114 valence electrons. The number of hydrogen-bond donors (Lipinski definition) is 2.